The molecule has 1 atom stereocenters. The first-order valence-corrected chi connectivity index (χ1v) is 4.88. The van der Waals surface area contributed by atoms with E-state index in [4.69, 9.17) is 10.8 Å². The van der Waals surface area contributed by atoms with Gasteiger partial charge in [0.2, 0.25) is 0 Å². The first-order valence-electron chi connectivity index (χ1n) is 4.88. The van der Waals surface area contributed by atoms with Crippen molar-refractivity contribution in [3.8, 4) is 5.75 Å². The Morgan fingerprint density at radius 2 is 2.19 bits per heavy atom. The van der Waals surface area contributed by atoms with Crippen LogP contribution in [0.5, 0.6) is 5.75 Å². The summed E-state index contributed by atoms with van der Waals surface area (Å²) < 4.78 is 13.6. The molecule has 1 unspecified atom stereocenters. The number of halogens is 1. The lowest BCUT2D eigenvalue weighted by Gasteiger charge is -2.14. The maximum absolute atomic E-state index is 13.6. The summed E-state index contributed by atoms with van der Waals surface area (Å²) in [5, 5.41) is 18.0. The fraction of sp³-hybridized carbons (Fsp3) is 0.364. The van der Waals surface area contributed by atoms with E-state index in [0.717, 1.165) is 0 Å². The topological polar surface area (TPSA) is 83.5 Å². The van der Waals surface area contributed by atoms with Crippen molar-refractivity contribution in [2.24, 2.45) is 5.73 Å². The summed E-state index contributed by atoms with van der Waals surface area (Å²) in [4.78, 5) is 10.4. The van der Waals surface area contributed by atoms with Gasteiger partial charge in [-0.1, -0.05) is 6.07 Å². The number of carbonyl (C=O) groups is 1. The molecule has 4 N–H and O–H groups in total. The number of carboxylic acids is 1. The molecule has 0 aliphatic rings. The molecular weight excluding hydrogens is 213 g/mol. The Bertz CT molecular complexity index is 406. The van der Waals surface area contributed by atoms with Crippen molar-refractivity contribution in [3.05, 3.63) is 29.1 Å². The number of carboxylic acid groups (broad SMARTS) is 1. The molecule has 5 heteroatoms. The van der Waals surface area contributed by atoms with E-state index in [0.29, 0.717) is 5.56 Å². The van der Waals surface area contributed by atoms with E-state index < -0.39 is 17.8 Å². The molecule has 0 radical (unpaired) electrons. The van der Waals surface area contributed by atoms with Gasteiger partial charge in [-0.05, 0) is 25.0 Å². The highest BCUT2D eigenvalue weighted by molar-refractivity contribution is 5.66. The monoisotopic (exact) mass is 227 g/mol. The van der Waals surface area contributed by atoms with Crippen LogP contribution in [0.1, 0.15) is 30.0 Å². The smallest absolute Gasteiger partial charge is 0.303 e. The van der Waals surface area contributed by atoms with Gasteiger partial charge in [0.05, 0.1) is 0 Å². The molecule has 1 aromatic carbocycles. The van der Waals surface area contributed by atoms with Crippen molar-refractivity contribution in [2.75, 3.05) is 0 Å². The Hall–Kier alpha value is -1.62. The first-order chi connectivity index (χ1) is 7.43. The SMILES string of the molecule is Cc1ccc(O)c(C(N)CCC(=O)O)c1F. The molecule has 0 spiro atoms. The van der Waals surface area contributed by atoms with E-state index in [1.165, 1.54) is 12.1 Å². The summed E-state index contributed by atoms with van der Waals surface area (Å²) in [6, 6.07) is 1.99. The zero-order chi connectivity index (χ0) is 12.3. The number of nitrogens with two attached hydrogens (primary N) is 1. The quantitative estimate of drug-likeness (QED) is 0.731. The van der Waals surface area contributed by atoms with E-state index >= 15 is 0 Å². The summed E-state index contributed by atoms with van der Waals surface area (Å²) in [6.45, 7) is 1.56. The summed E-state index contributed by atoms with van der Waals surface area (Å²) in [5.74, 6) is -1.80. The Labute approximate surface area is 92.5 Å². The molecule has 0 aromatic heterocycles. The molecule has 1 rings (SSSR count). The number of rotatable bonds is 4. The number of phenolic OH excluding ortho intramolecular Hbond substituents is 1. The lowest BCUT2D eigenvalue weighted by molar-refractivity contribution is -0.137. The Kier molecular flexibility index (Phi) is 3.84. The minimum atomic E-state index is -0.997. The van der Waals surface area contributed by atoms with Crippen LogP contribution in [0.15, 0.2) is 12.1 Å². The van der Waals surface area contributed by atoms with Gasteiger partial charge in [0, 0.05) is 18.0 Å². The summed E-state index contributed by atoms with van der Waals surface area (Å²) in [5.41, 5.74) is 6.01. The third kappa shape index (κ3) is 2.70. The standard InChI is InChI=1S/C11H14FNO3/c1-6-2-4-8(14)10(11(6)12)7(13)3-5-9(15)16/h2,4,7,14H,3,5,13H2,1H3,(H,15,16). The summed E-state index contributed by atoms with van der Waals surface area (Å²) >= 11 is 0. The van der Waals surface area contributed by atoms with E-state index in [1.807, 2.05) is 0 Å². The maximum atomic E-state index is 13.6. The highest BCUT2D eigenvalue weighted by Crippen LogP contribution is 2.29. The lowest BCUT2D eigenvalue weighted by atomic mass is 9.99. The number of aryl methyl sites for hydroxylation is 1. The number of hydrogen-bond acceptors (Lipinski definition) is 3. The van der Waals surface area contributed by atoms with Crippen LogP contribution in [0.25, 0.3) is 0 Å². The number of benzene rings is 1. The van der Waals surface area contributed by atoms with Crippen LogP contribution in [0.3, 0.4) is 0 Å². The van der Waals surface area contributed by atoms with Crippen LogP contribution in [0.4, 0.5) is 4.39 Å². The van der Waals surface area contributed by atoms with Gasteiger partial charge in [0.1, 0.15) is 11.6 Å². The predicted octanol–water partition coefficient (Wildman–Crippen LogP) is 1.70. The second-order valence-electron chi connectivity index (χ2n) is 3.67. The minimum absolute atomic E-state index is 0.0127. The fourth-order valence-corrected chi connectivity index (χ4v) is 1.47. The third-order valence-electron chi connectivity index (χ3n) is 2.39. The fourth-order valence-electron chi connectivity index (χ4n) is 1.47. The van der Waals surface area contributed by atoms with Gasteiger partial charge >= 0.3 is 5.97 Å². The van der Waals surface area contributed by atoms with Crippen molar-refractivity contribution in [1.82, 2.24) is 0 Å². The first kappa shape index (κ1) is 12.4. The van der Waals surface area contributed by atoms with Crippen LogP contribution < -0.4 is 5.73 Å². The van der Waals surface area contributed by atoms with Gasteiger partial charge in [-0.15, -0.1) is 0 Å². The van der Waals surface area contributed by atoms with Crippen molar-refractivity contribution in [2.45, 2.75) is 25.8 Å². The maximum Gasteiger partial charge on any atom is 0.303 e. The largest absolute Gasteiger partial charge is 0.508 e. The van der Waals surface area contributed by atoms with Crippen LogP contribution >= 0.6 is 0 Å². The molecule has 0 amide bonds. The van der Waals surface area contributed by atoms with E-state index in [2.05, 4.69) is 0 Å². The molecule has 0 heterocycles. The Balaban J connectivity index is 2.94. The molecule has 16 heavy (non-hydrogen) atoms. The van der Waals surface area contributed by atoms with E-state index in [9.17, 15) is 14.3 Å². The van der Waals surface area contributed by atoms with Crippen molar-refractivity contribution in [3.63, 3.8) is 0 Å². The molecule has 0 aliphatic carbocycles. The van der Waals surface area contributed by atoms with Gasteiger partial charge in [-0.3, -0.25) is 4.79 Å². The lowest BCUT2D eigenvalue weighted by Crippen LogP contribution is -2.14. The number of aromatic hydroxyl groups is 1. The summed E-state index contributed by atoms with van der Waals surface area (Å²) in [6.07, 6.45) is -0.0722. The Morgan fingerprint density at radius 3 is 2.75 bits per heavy atom. The molecule has 0 saturated heterocycles. The molecule has 88 valence electrons. The van der Waals surface area contributed by atoms with Gasteiger partial charge in [-0.25, -0.2) is 4.39 Å². The van der Waals surface area contributed by atoms with Crippen molar-refractivity contribution < 1.29 is 19.4 Å². The van der Waals surface area contributed by atoms with Gasteiger partial charge in [-0.2, -0.15) is 0 Å². The van der Waals surface area contributed by atoms with Crippen LogP contribution in [-0.2, 0) is 4.79 Å². The normalized spacial score (nSPS) is 12.4. The highest BCUT2D eigenvalue weighted by atomic mass is 19.1. The van der Waals surface area contributed by atoms with E-state index in [1.54, 1.807) is 6.92 Å². The molecule has 4 nitrogen and oxygen atoms in total. The number of aliphatic carboxylic acids is 1. The molecule has 0 bridgehead atoms. The number of hydrogen-bond donors (Lipinski definition) is 3. The second kappa shape index (κ2) is 4.94. The van der Waals surface area contributed by atoms with Crippen molar-refractivity contribution >= 4 is 5.97 Å². The zero-order valence-corrected chi connectivity index (χ0v) is 8.90. The van der Waals surface area contributed by atoms with Gasteiger partial charge in [0.15, 0.2) is 0 Å². The molecular formula is C11H14FNO3. The number of phenols is 1. The van der Waals surface area contributed by atoms with Crippen LogP contribution in [0, 0.1) is 12.7 Å². The molecule has 0 aliphatic heterocycles. The molecule has 0 fully saturated rings. The Morgan fingerprint density at radius 1 is 1.56 bits per heavy atom. The summed E-state index contributed by atoms with van der Waals surface area (Å²) in [7, 11) is 0. The van der Waals surface area contributed by atoms with Gasteiger partial charge < -0.3 is 15.9 Å². The van der Waals surface area contributed by atoms with Gasteiger partial charge in [0.25, 0.3) is 0 Å². The third-order valence-corrected chi connectivity index (χ3v) is 2.39. The zero-order valence-electron chi connectivity index (χ0n) is 8.90. The molecule has 0 saturated carbocycles. The molecule has 1 aromatic rings. The van der Waals surface area contributed by atoms with Crippen LogP contribution in [-0.4, -0.2) is 16.2 Å². The van der Waals surface area contributed by atoms with E-state index in [-0.39, 0.29) is 24.2 Å². The average molecular weight is 227 g/mol. The minimum Gasteiger partial charge on any atom is -0.508 e. The highest BCUT2D eigenvalue weighted by Gasteiger charge is 2.18. The second-order valence-corrected chi connectivity index (χ2v) is 3.67. The predicted molar refractivity (Wildman–Crippen MR) is 56.6 cm³/mol. The van der Waals surface area contributed by atoms with Crippen molar-refractivity contribution in [1.29, 1.82) is 0 Å². The van der Waals surface area contributed by atoms with Crippen LogP contribution in [0.2, 0.25) is 0 Å². The average Bonchev–Trinajstić information content (AvgIpc) is 2.21.